The first-order valence-corrected chi connectivity index (χ1v) is 8.06. The van der Waals surface area contributed by atoms with E-state index in [4.69, 9.17) is 4.74 Å². The van der Waals surface area contributed by atoms with Crippen LogP contribution in [0.15, 0.2) is 18.6 Å². The Balaban J connectivity index is 2.25. The van der Waals surface area contributed by atoms with E-state index in [9.17, 15) is 4.79 Å². The van der Waals surface area contributed by atoms with Gasteiger partial charge in [0.1, 0.15) is 4.88 Å². The third kappa shape index (κ3) is 4.60. The van der Waals surface area contributed by atoms with Crippen LogP contribution in [-0.2, 0) is 18.3 Å². The summed E-state index contributed by atoms with van der Waals surface area (Å²) in [5.74, 6) is 5.96. The molecule has 0 atom stereocenters. The molecule has 1 N–H and O–H groups in total. The number of imidazole rings is 1. The average Bonchev–Trinajstić information content (AvgIpc) is 3.07. The van der Waals surface area contributed by atoms with Crippen LogP contribution in [-0.4, -0.2) is 22.6 Å². The summed E-state index contributed by atoms with van der Waals surface area (Å²) >= 11 is 1.34. The van der Waals surface area contributed by atoms with Crippen molar-refractivity contribution in [1.82, 2.24) is 9.55 Å². The largest absolute Gasteiger partial charge is 0.465 e. The zero-order valence-electron chi connectivity index (χ0n) is 14.1. The second kappa shape index (κ2) is 6.88. The van der Waals surface area contributed by atoms with Crippen LogP contribution in [0.5, 0.6) is 0 Å². The highest BCUT2D eigenvalue weighted by Crippen LogP contribution is 2.28. The van der Waals surface area contributed by atoms with E-state index in [1.807, 2.05) is 17.7 Å². The lowest BCUT2D eigenvalue weighted by molar-refractivity contribution is 0.0607. The summed E-state index contributed by atoms with van der Waals surface area (Å²) in [6.07, 6.45) is 3.53. The Morgan fingerprint density at radius 1 is 1.48 bits per heavy atom. The van der Waals surface area contributed by atoms with Crippen molar-refractivity contribution in [2.45, 2.75) is 27.3 Å². The number of hydrogen-bond donors (Lipinski definition) is 1. The number of rotatable bonds is 4. The Hall–Kier alpha value is -2.26. The van der Waals surface area contributed by atoms with Crippen LogP contribution in [0.4, 0.5) is 5.69 Å². The second-order valence-corrected chi connectivity index (χ2v) is 7.25. The number of ether oxygens (including phenoxy) is 1. The summed E-state index contributed by atoms with van der Waals surface area (Å²) in [5, 5.41) is 3.27. The molecule has 0 unspecified atom stereocenters. The van der Waals surface area contributed by atoms with Crippen molar-refractivity contribution in [3.8, 4) is 11.8 Å². The molecule has 0 aliphatic heterocycles. The molecule has 2 aromatic heterocycles. The van der Waals surface area contributed by atoms with Gasteiger partial charge in [-0.3, -0.25) is 0 Å². The van der Waals surface area contributed by atoms with Gasteiger partial charge >= 0.3 is 5.97 Å². The van der Waals surface area contributed by atoms with Crippen LogP contribution >= 0.6 is 11.3 Å². The molecule has 122 valence electrons. The number of esters is 1. The number of carbonyl (C=O) groups excluding carboxylic acids is 1. The average molecular weight is 331 g/mol. The molecule has 0 bridgehead atoms. The fraction of sp³-hybridized carbons (Fsp3) is 0.412. The molecule has 0 saturated carbocycles. The lowest BCUT2D eigenvalue weighted by Crippen LogP contribution is -2.07. The lowest BCUT2D eigenvalue weighted by atomic mass is 9.98. The third-order valence-electron chi connectivity index (χ3n) is 3.04. The van der Waals surface area contributed by atoms with Crippen molar-refractivity contribution in [2.75, 3.05) is 12.4 Å². The van der Waals surface area contributed by atoms with E-state index in [0.29, 0.717) is 11.4 Å². The number of aryl methyl sites for hydroxylation is 1. The number of methoxy groups -OCH3 is 1. The van der Waals surface area contributed by atoms with E-state index in [1.165, 1.54) is 18.4 Å². The molecule has 23 heavy (non-hydrogen) atoms. The molecule has 2 heterocycles. The van der Waals surface area contributed by atoms with Gasteiger partial charge in [-0.1, -0.05) is 11.8 Å². The van der Waals surface area contributed by atoms with Gasteiger partial charge in [-0.25, -0.2) is 9.78 Å². The van der Waals surface area contributed by atoms with Gasteiger partial charge in [0.05, 0.1) is 36.2 Å². The smallest absolute Gasteiger partial charge is 0.350 e. The maximum Gasteiger partial charge on any atom is 0.350 e. The van der Waals surface area contributed by atoms with Gasteiger partial charge in [0, 0.05) is 18.7 Å². The van der Waals surface area contributed by atoms with Crippen LogP contribution in [0.2, 0.25) is 0 Å². The summed E-state index contributed by atoms with van der Waals surface area (Å²) in [5.41, 5.74) is 1.67. The van der Waals surface area contributed by atoms with E-state index in [-0.39, 0.29) is 11.4 Å². The van der Waals surface area contributed by atoms with Crippen LogP contribution < -0.4 is 5.32 Å². The van der Waals surface area contributed by atoms with Gasteiger partial charge in [-0.05, 0) is 26.8 Å². The maximum absolute atomic E-state index is 12.0. The van der Waals surface area contributed by atoms with Crippen molar-refractivity contribution in [1.29, 1.82) is 0 Å². The molecule has 0 saturated heterocycles. The number of hydrogen-bond acceptors (Lipinski definition) is 5. The highest BCUT2D eigenvalue weighted by Gasteiger charge is 2.17. The Morgan fingerprint density at radius 3 is 2.78 bits per heavy atom. The molecule has 0 amide bonds. The summed E-state index contributed by atoms with van der Waals surface area (Å²) < 4.78 is 6.79. The van der Waals surface area contributed by atoms with Gasteiger partial charge in [-0.15, -0.1) is 11.3 Å². The standard InChI is InChI=1S/C17H21N3O2S/c1-17(2,3)7-6-13-8-14(15(23-13)16(21)22-5)19-10-12-9-18-11-20(12)4/h8-9,11,19H,10H2,1-5H3. The Bertz CT molecular complexity index is 757. The van der Waals surface area contributed by atoms with Gasteiger partial charge in [0.2, 0.25) is 0 Å². The molecule has 0 aliphatic carbocycles. The van der Waals surface area contributed by atoms with Crippen molar-refractivity contribution in [3.05, 3.63) is 34.0 Å². The van der Waals surface area contributed by atoms with E-state index in [1.54, 1.807) is 12.5 Å². The number of nitrogens with zero attached hydrogens (tertiary/aromatic N) is 2. The highest BCUT2D eigenvalue weighted by molar-refractivity contribution is 7.15. The predicted octanol–water partition coefficient (Wildman–Crippen LogP) is 3.28. The SMILES string of the molecule is COC(=O)c1sc(C#CC(C)(C)C)cc1NCc1cncn1C. The fourth-order valence-electron chi connectivity index (χ4n) is 1.82. The molecule has 0 aromatic carbocycles. The molecule has 2 rings (SSSR count). The molecular weight excluding hydrogens is 310 g/mol. The van der Waals surface area contributed by atoms with Crippen LogP contribution in [0.25, 0.3) is 0 Å². The lowest BCUT2D eigenvalue weighted by Gasteiger charge is -2.06. The third-order valence-corrected chi connectivity index (χ3v) is 4.07. The second-order valence-electron chi connectivity index (χ2n) is 6.19. The summed E-state index contributed by atoms with van der Waals surface area (Å²) in [6.45, 7) is 6.73. The minimum atomic E-state index is -0.355. The maximum atomic E-state index is 12.0. The van der Waals surface area contributed by atoms with E-state index < -0.39 is 0 Å². The summed E-state index contributed by atoms with van der Waals surface area (Å²) in [4.78, 5) is 17.4. The summed E-state index contributed by atoms with van der Waals surface area (Å²) in [7, 11) is 3.31. The first-order chi connectivity index (χ1) is 10.8. The predicted molar refractivity (Wildman–Crippen MR) is 92.5 cm³/mol. The number of aromatic nitrogens is 2. The minimum absolute atomic E-state index is 0.0856. The molecule has 2 aromatic rings. The molecule has 0 radical (unpaired) electrons. The number of nitrogens with one attached hydrogen (secondary N) is 1. The monoisotopic (exact) mass is 331 g/mol. The van der Waals surface area contributed by atoms with Gasteiger partial charge in [-0.2, -0.15) is 0 Å². The van der Waals surface area contributed by atoms with Crippen molar-refractivity contribution in [3.63, 3.8) is 0 Å². The number of anilines is 1. The molecule has 6 heteroatoms. The molecule has 0 fully saturated rings. The quantitative estimate of drug-likeness (QED) is 0.690. The topological polar surface area (TPSA) is 56.1 Å². The number of thiophene rings is 1. The zero-order chi connectivity index (χ0) is 17.0. The molecule has 0 aliphatic rings. The number of carbonyl (C=O) groups is 1. The van der Waals surface area contributed by atoms with Crippen LogP contribution in [0, 0.1) is 17.3 Å². The fourth-order valence-corrected chi connectivity index (χ4v) is 2.72. The zero-order valence-corrected chi connectivity index (χ0v) is 14.9. The first kappa shape index (κ1) is 17.1. The molecule has 0 spiro atoms. The Morgan fingerprint density at radius 2 is 2.22 bits per heavy atom. The van der Waals surface area contributed by atoms with Gasteiger partial charge in [0.25, 0.3) is 0 Å². The molecule has 5 nitrogen and oxygen atoms in total. The van der Waals surface area contributed by atoms with Crippen molar-refractivity contribution < 1.29 is 9.53 Å². The highest BCUT2D eigenvalue weighted by atomic mass is 32.1. The van der Waals surface area contributed by atoms with E-state index in [0.717, 1.165) is 16.3 Å². The van der Waals surface area contributed by atoms with E-state index in [2.05, 4.69) is 42.9 Å². The minimum Gasteiger partial charge on any atom is -0.465 e. The van der Waals surface area contributed by atoms with Crippen LogP contribution in [0.3, 0.4) is 0 Å². The Kier molecular flexibility index (Phi) is 5.12. The normalized spacial score (nSPS) is 10.8. The Labute approximate surface area is 140 Å². The first-order valence-electron chi connectivity index (χ1n) is 7.24. The van der Waals surface area contributed by atoms with Gasteiger partial charge < -0.3 is 14.6 Å². The van der Waals surface area contributed by atoms with Gasteiger partial charge in [0.15, 0.2) is 0 Å². The van der Waals surface area contributed by atoms with Crippen molar-refractivity contribution >= 4 is 23.0 Å². The molecular formula is C17H21N3O2S. The summed E-state index contributed by atoms with van der Waals surface area (Å²) in [6, 6.07) is 1.89. The van der Waals surface area contributed by atoms with Crippen LogP contribution in [0.1, 0.15) is 41.0 Å². The van der Waals surface area contributed by atoms with E-state index >= 15 is 0 Å². The van der Waals surface area contributed by atoms with Crippen molar-refractivity contribution in [2.24, 2.45) is 12.5 Å².